The molecule has 1 aromatic rings. The Balaban J connectivity index is 1.92. The number of hydrogen-bond donors (Lipinski definition) is 1. The molecule has 0 spiro atoms. The average molecular weight is 212 g/mol. The van der Waals surface area contributed by atoms with Crippen molar-refractivity contribution in [2.45, 2.75) is 19.8 Å². The van der Waals surface area contributed by atoms with Crippen LogP contribution >= 0.6 is 11.6 Å². The maximum Gasteiger partial charge on any atom is 0.129 e. The quantitative estimate of drug-likeness (QED) is 0.777. The van der Waals surface area contributed by atoms with E-state index >= 15 is 0 Å². The maximum atomic E-state index is 5.88. The zero-order chi connectivity index (χ0) is 10.0. The molecule has 0 amide bonds. The van der Waals surface area contributed by atoms with E-state index in [-0.39, 0.29) is 0 Å². The van der Waals surface area contributed by atoms with Gasteiger partial charge in [0.1, 0.15) is 12.1 Å². The lowest BCUT2D eigenvalue weighted by molar-refractivity contribution is 0.617. The first-order valence-corrected chi connectivity index (χ1v) is 5.36. The molecule has 0 bridgehead atoms. The van der Waals surface area contributed by atoms with Gasteiger partial charge in [0.15, 0.2) is 0 Å². The van der Waals surface area contributed by atoms with Crippen LogP contribution in [0.15, 0.2) is 12.4 Å². The smallest absolute Gasteiger partial charge is 0.129 e. The molecule has 4 heteroatoms. The first-order chi connectivity index (χ1) is 6.74. The Kier molecular flexibility index (Phi) is 2.59. The van der Waals surface area contributed by atoms with Gasteiger partial charge in [0.2, 0.25) is 0 Å². The van der Waals surface area contributed by atoms with Crippen LogP contribution in [0.2, 0.25) is 0 Å². The summed E-state index contributed by atoms with van der Waals surface area (Å²) in [4.78, 5) is 8.18. The first-order valence-electron chi connectivity index (χ1n) is 4.83. The Labute approximate surface area is 88.9 Å². The molecule has 0 saturated heterocycles. The summed E-state index contributed by atoms with van der Waals surface area (Å²) in [5, 5.41) is 3.30. The lowest BCUT2D eigenvalue weighted by Crippen LogP contribution is -2.17. The van der Waals surface area contributed by atoms with Crippen LogP contribution < -0.4 is 5.32 Å². The normalized spacial score (nSPS) is 17.9. The van der Waals surface area contributed by atoms with Crippen LogP contribution in [-0.2, 0) is 0 Å². The van der Waals surface area contributed by atoms with Gasteiger partial charge in [-0.05, 0) is 19.8 Å². The summed E-state index contributed by atoms with van der Waals surface area (Å²) in [6.07, 6.45) is 4.04. The number of hydrogen-bond acceptors (Lipinski definition) is 3. The van der Waals surface area contributed by atoms with Gasteiger partial charge in [-0.2, -0.15) is 0 Å². The van der Waals surface area contributed by atoms with Crippen molar-refractivity contribution in [2.75, 3.05) is 17.7 Å². The third-order valence-corrected chi connectivity index (χ3v) is 3.26. The van der Waals surface area contributed by atoms with Gasteiger partial charge in [-0.15, -0.1) is 11.6 Å². The Morgan fingerprint density at radius 2 is 2.29 bits per heavy atom. The van der Waals surface area contributed by atoms with Crippen molar-refractivity contribution in [1.29, 1.82) is 0 Å². The molecule has 1 N–H and O–H groups in total. The molecule has 0 aliphatic heterocycles. The first kappa shape index (κ1) is 9.71. The minimum Gasteiger partial charge on any atom is -0.369 e. The standard InChI is InChI=1S/C10H14ClN3/c1-8-4-9(14-7-13-8)12-6-10(5-11)2-3-10/h4,7H,2-3,5-6H2,1H3,(H,12,13,14). The lowest BCUT2D eigenvalue weighted by atomic mass is 10.1. The average Bonchev–Trinajstić information content (AvgIpc) is 2.96. The van der Waals surface area contributed by atoms with E-state index in [2.05, 4.69) is 15.3 Å². The number of anilines is 1. The molecule has 1 aromatic heterocycles. The minimum absolute atomic E-state index is 0.334. The highest BCUT2D eigenvalue weighted by Gasteiger charge is 2.41. The van der Waals surface area contributed by atoms with Crippen molar-refractivity contribution in [2.24, 2.45) is 5.41 Å². The second-order valence-electron chi connectivity index (χ2n) is 4.03. The number of halogens is 1. The molecule has 2 rings (SSSR count). The predicted octanol–water partition coefficient (Wildman–Crippen LogP) is 2.22. The van der Waals surface area contributed by atoms with Gasteiger partial charge in [-0.25, -0.2) is 9.97 Å². The second-order valence-corrected chi connectivity index (χ2v) is 4.30. The summed E-state index contributed by atoms with van der Waals surface area (Å²) >= 11 is 5.88. The number of aromatic nitrogens is 2. The monoisotopic (exact) mass is 211 g/mol. The largest absolute Gasteiger partial charge is 0.369 e. The Hall–Kier alpha value is -0.830. The van der Waals surface area contributed by atoms with E-state index in [9.17, 15) is 0 Å². The molecule has 0 radical (unpaired) electrons. The Bertz CT molecular complexity index is 323. The van der Waals surface area contributed by atoms with E-state index in [1.54, 1.807) is 6.33 Å². The number of nitrogens with one attached hydrogen (secondary N) is 1. The highest BCUT2D eigenvalue weighted by atomic mass is 35.5. The summed E-state index contributed by atoms with van der Waals surface area (Å²) in [5.74, 6) is 1.64. The van der Waals surface area contributed by atoms with Crippen LogP contribution in [0.5, 0.6) is 0 Å². The second kappa shape index (κ2) is 3.73. The zero-order valence-corrected chi connectivity index (χ0v) is 9.01. The van der Waals surface area contributed by atoms with Crippen molar-refractivity contribution in [3.63, 3.8) is 0 Å². The molecule has 1 heterocycles. The molecule has 1 saturated carbocycles. The Morgan fingerprint density at radius 1 is 1.50 bits per heavy atom. The molecule has 76 valence electrons. The molecular weight excluding hydrogens is 198 g/mol. The molecule has 3 nitrogen and oxygen atoms in total. The van der Waals surface area contributed by atoms with Crippen molar-refractivity contribution < 1.29 is 0 Å². The van der Waals surface area contributed by atoms with Crippen molar-refractivity contribution in [3.8, 4) is 0 Å². The van der Waals surface area contributed by atoms with Gasteiger partial charge < -0.3 is 5.32 Å². The van der Waals surface area contributed by atoms with Crippen LogP contribution in [0.4, 0.5) is 5.82 Å². The molecule has 1 aliphatic rings. The summed E-state index contributed by atoms with van der Waals surface area (Å²) in [6, 6.07) is 1.95. The Morgan fingerprint density at radius 3 is 2.86 bits per heavy atom. The maximum absolute atomic E-state index is 5.88. The van der Waals surface area contributed by atoms with E-state index < -0.39 is 0 Å². The fourth-order valence-electron chi connectivity index (χ4n) is 1.36. The van der Waals surface area contributed by atoms with E-state index in [0.29, 0.717) is 5.41 Å². The summed E-state index contributed by atoms with van der Waals surface area (Å²) in [5.41, 5.74) is 1.32. The lowest BCUT2D eigenvalue weighted by Gasteiger charge is -2.12. The van der Waals surface area contributed by atoms with E-state index in [1.807, 2.05) is 13.0 Å². The highest BCUT2D eigenvalue weighted by Crippen LogP contribution is 2.46. The molecule has 0 atom stereocenters. The molecule has 0 aromatic carbocycles. The van der Waals surface area contributed by atoms with Crippen LogP contribution in [0, 0.1) is 12.3 Å². The topological polar surface area (TPSA) is 37.8 Å². The predicted molar refractivity (Wildman–Crippen MR) is 57.6 cm³/mol. The van der Waals surface area contributed by atoms with Crippen LogP contribution in [0.3, 0.4) is 0 Å². The summed E-state index contributed by atoms with van der Waals surface area (Å²) in [6.45, 7) is 2.88. The molecule has 1 fully saturated rings. The van der Waals surface area contributed by atoms with Gasteiger partial charge >= 0.3 is 0 Å². The zero-order valence-electron chi connectivity index (χ0n) is 8.26. The van der Waals surface area contributed by atoms with Gasteiger partial charge in [0, 0.05) is 29.6 Å². The van der Waals surface area contributed by atoms with Crippen molar-refractivity contribution >= 4 is 17.4 Å². The summed E-state index contributed by atoms with van der Waals surface area (Å²) in [7, 11) is 0. The molecule has 0 unspecified atom stereocenters. The third kappa shape index (κ3) is 2.15. The SMILES string of the molecule is Cc1cc(NCC2(CCl)CC2)ncn1. The summed E-state index contributed by atoms with van der Waals surface area (Å²) < 4.78 is 0. The van der Waals surface area contributed by atoms with Gasteiger partial charge in [-0.1, -0.05) is 0 Å². The van der Waals surface area contributed by atoms with Crippen LogP contribution in [0.1, 0.15) is 18.5 Å². The van der Waals surface area contributed by atoms with Gasteiger partial charge in [0.25, 0.3) is 0 Å². The van der Waals surface area contributed by atoms with Gasteiger partial charge in [0.05, 0.1) is 0 Å². The van der Waals surface area contributed by atoms with Gasteiger partial charge in [-0.3, -0.25) is 0 Å². The molecular formula is C10H14ClN3. The fraction of sp³-hybridized carbons (Fsp3) is 0.600. The number of aryl methyl sites for hydroxylation is 1. The highest BCUT2D eigenvalue weighted by molar-refractivity contribution is 6.18. The van der Waals surface area contributed by atoms with Crippen LogP contribution in [0.25, 0.3) is 0 Å². The van der Waals surface area contributed by atoms with Crippen molar-refractivity contribution in [3.05, 3.63) is 18.1 Å². The number of nitrogens with zero attached hydrogens (tertiary/aromatic N) is 2. The fourth-order valence-corrected chi connectivity index (χ4v) is 1.73. The number of rotatable bonds is 4. The molecule has 1 aliphatic carbocycles. The van der Waals surface area contributed by atoms with Crippen LogP contribution in [-0.4, -0.2) is 22.4 Å². The van der Waals surface area contributed by atoms with E-state index in [1.165, 1.54) is 12.8 Å². The molecule has 14 heavy (non-hydrogen) atoms. The van der Waals surface area contributed by atoms with E-state index in [4.69, 9.17) is 11.6 Å². The van der Waals surface area contributed by atoms with E-state index in [0.717, 1.165) is 23.9 Å². The number of alkyl halides is 1. The third-order valence-electron chi connectivity index (χ3n) is 2.69. The van der Waals surface area contributed by atoms with Crippen molar-refractivity contribution in [1.82, 2.24) is 9.97 Å². The minimum atomic E-state index is 0.334.